The molecule has 5 heterocycles. The van der Waals surface area contributed by atoms with E-state index in [4.69, 9.17) is 14.2 Å². The Kier molecular flexibility index (Phi) is 3.48. The summed E-state index contributed by atoms with van der Waals surface area (Å²) >= 11 is 0. The molecule has 0 unspecified atom stereocenters. The van der Waals surface area contributed by atoms with Crippen LogP contribution in [0.25, 0.3) is 0 Å². The van der Waals surface area contributed by atoms with Crippen molar-refractivity contribution in [2.24, 2.45) is 5.41 Å². The molecule has 1 aromatic carbocycles. The maximum Gasteiger partial charge on any atom is 0.340 e. The maximum atomic E-state index is 13.5. The van der Waals surface area contributed by atoms with Gasteiger partial charge in [0, 0.05) is 37.2 Å². The fraction of sp³-hybridized carbons (Fsp3) is 0.583. The number of nitrogens with zero attached hydrogens (tertiary/aromatic N) is 2. The van der Waals surface area contributed by atoms with Crippen LogP contribution in [0.5, 0.6) is 5.75 Å². The Morgan fingerprint density at radius 2 is 2.13 bits per heavy atom. The number of rotatable bonds is 3. The number of anilines is 1. The first-order chi connectivity index (χ1) is 14.9. The molecular weight excluding hydrogens is 396 g/mol. The molecule has 1 amide bonds. The largest absolute Gasteiger partial charge is 0.497 e. The van der Waals surface area contributed by atoms with Crippen LogP contribution in [0.4, 0.5) is 5.69 Å². The molecule has 31 heavy (non-hydrogen) atoms. The minimum absolute atomic E-state index is 0.0333. The van der Waals surface area contributed by atoms with E-state index in [1.165, 1.54) is 7.11 Å². The van der Waals surface area contributed by atoms with Crippen LogP contribution in [0, 0.1) is 5.41 Å². The predicted octanol–water partition coefficient (Wildman–Crippen LogP) is 2.38. The highest BCUT2D eigenvalue weighted by Gasteiger charge is 2.90. The normalized spacial score (nSPS) is 41.2. The zero-order valence-electron chi connectivity index (χ0n) is 18.4. The van der Waals surface area contributed by atoms with E-state index in [1.807, 2.05) is 30.2 Å². The van der Waals surface area contributed by atoms with E-state index in [9.17, 15) is 9.59 Å². The third kappa shape index (κ3) is 1.70. The molecule has 0 aliphatic carbocycles. The van der Waals surface area contributed by atoms with E-state index in [-0.39, 0.29) is 17.9 Å². The van der Waals surface area contributed by atoms with Crippen molar-refractivity contribution in [3.63, 3.8) is 0 Å². The third-order valence-corrected chi connectivity index (χ3v) is 8.85. The number of amides is 1. The van der Waals surface area contributed by atoms with Gasteiger partial charge in [-0.2, -0.15) is 0 Å². The number of hydrogen-bond donors (Lipinski definition) is 0. The van der Waals surface area contributed by atoms with Crippen molar-refractivity contribution in [1.29, 1.82) is 0 Å². The number of hydrogen-bond acceptors (Lipinski definition) is 6. The van der Waals surface area contributed by atoms with Crippen molar-refractivity contribution in [2.45, 2.75) is 55.4 Å². The summed E-state index contributed by atoms with van der Waals surface area (Å²) in [6.07, 6.45) is 6.70. The average molecular weight is 424 g/mol. The second kappa shape index (κ2) is 5.63. The van der Waals surface area contributed by atoms with Gasteiger partial charge in [-0.25, -0.2) is 4.79 Å². The van der Waals surface area contributed by atoms with Crippen molar-refractivity contribution in [1.82, 2.24) is 4.90 Å². The highest BCUT2D eigenvalue weighted by atomic mass is 16.6. The Bertz CT molecular complexity index is 1050. The molecule has 0 N–H and O–H groups in total. The van der Waals surface area contributed by atoms with E-state index in [0.717, 1.165) is 36.3 Å². The smallest absolute Gasteiger partial charge is 0.340 e. The van der Waals surface area contributed by atoms with Crippen LogP contribution in [0.15, 0.2) is 30.4 Å². The van der Waals surface area contributed by atoms with Crippen molar-refractivity contribution in [2.75, 3.05) is 32.7 Å². The van der Waals surface area contributed by atoms with E-state index >= 15 is 0 Å². The number of fused-ring (bicyclic) bond motifs is 3. The van der Waals surface area contributed by atoms with E-state index in [0.29, 0.717) is 13.0 Å². The van der Waals surface area contributed by atoms with Gasteiger partial charge in [0.05, 0.1) is 25.7 Å². The van der Waals surface area contributed by atoms with Gasteiger partial charge in [0.1, 0.15) is 5.75 Å². The first-order valence-electron chi connectivity index (χ1n) is 11.1. The molecule has 1 aromatic rings. The van der Waals surface area contributed by atoms with Gasteiger partial charge >= 0.3 is 5.97 Å². The van der Waals surface area contributed by atoms with Crippen LogP contribution in [0.2, 0.25) is 0 Å². The molecule has 3 fully saturated rings. The molecule has 6 rings (SSSR count). The van der Waals surface area contributed by atoms with Gasteiger partial charge < -0.3 is 24.0 Å². The first kappa shape index (κ1) is 19.2. The third-order valence-electron chi connectivity index (χ3n) is 8.85. The van der Waals surface area contributed by atoms with Crippen LogP contribution in [0.1, 0.15) is 38.2 Å². The van der Waals surface area contributed by atoms with E-state index in [2.05, 4.69) is 17.9 Å². The maximum absolute atomic E-state index is 13.5. The van der Waals surface area contributed by atoms with Gasteiger partial charge in [-0.15, -0.1) is 0 Å². The fourth-order valence-corrected chi connectivity index (χ4v) is 8.00. The molecule has 164 valence electrons. The van der Waals surface area contributed by atoms with Gasteiger partial charge in [-0.1, -0.05) is 19.1 Å². The number of ether oxygens (including phenoxy) is 3. The van der Waals surface area contributed by atoms with Gasteiger partial charge in [-0.3, -0.25) is 4.79 Å². The summed E-state index contributed by atoms with van der Waals surface area (Å²) in [5.41, 5.74) is -0.860. The molecule has 7 nitrogen and oxygen atoms in total. The van der Waals surface area contributed by atoms with Crippen LogP contribution < -0.4 is 9.64 Å². The number of carbonyl (C=O) groups is 2. The number of esters is 1. The van der Waals surface area contributed by atoms with Crippen molar-refractivity contribution in [3.05, 3.63) is 35.9 Å². The van der Waals surface area contributed by atoms with E-state index < -0.39 is 22.2 Å². The van der Waals surface area contributed by atoms with E-state index in [1.54, 1.807) is 13.2 Å². The summed E-state index contributed by atoms with van der Waals surface area (Å²) in [7, 11) is 5.11. The lowest BCUT2D eigenvalue weighted by atomic mass is 9.47. The van der Waals surface area contributed by atoms with Crippen LogP contribution in [-0.4, -0.2) is 62.0 Å². The Labute approximate surface area is 181 Å². The molecule has 3 saturated heterocycles. The molecule has 7 heteroatoms. The van der Waals surface area contributed by atoms with Gasteiger partial charge in [-0.05, 0) is 37.0 Å². The first-order valence-corrected chi connectivity index (χ1v) is 11.1. The van der Waals surface area contributed by atoms with Crippen molar-refractivity contribution < 1.29 is 23.8 Å². The monoisotopic (exact) mass is 424 g/mol. The van der Waals surface area contributed by atoms with Gasteiger partial charge in [0.15, 0.2) is 11.3 Å². The zero-order valence-corrected chi connectivity index (χ0v) is 18.4. The number of piperidine rings is 1. The van der Waals surface area contributed by atoms with Crippen molar-refractivity contribution in [3.8, 4) is 5.75 Å². The summed E-state index contributed by atoms with van der Waals surface area (Å²) in [6.45, 7) is 2.76. The number of benzene rings is 1. The Morgan fingerprint density at radius 1 is 1.32 bits per heavy atom. The average Bonchev–Trinajstić information content (AvgIpc) is 3.35. The summed E-state index contributed by atoms with van der Waals surface area (Å²) in [5.74, 6) is 0.387. The Hall–Kier alpha value is -2.54. The molecule has 0 radical (unpaired) electrons. The molecule has 5 aliphatic heterocycles. The lowest BCUT2D eigenvalue weighted by Crippen LogP contribution is -2.76. The van der Waals surface area contributed by atoms with Crippen LogP contribution in [0.3, 0.4) is 0 Å². The minimum Gasteiger partial charge on any atom is -0.497 e. The number of carbonyl (C=O) groups excluding carboxylic acids is 2. The fourth-order valence-electron chi connectivity index (χ4n) is 8.00. The topological polar surface area (TPSA) is 68.3 Å². The van der Waals surface area contributed by atoms with Crippen LogP contribution in [-0.2, 0) is 24.5 Å². The second-order valence-electron chi connectivity index (χ2n) is 9.61. The summed E-state index contributed by atoms with van der Waals surface area (Å²) in [5, 5.41) is 0. The molecule has 5 aliphatic rings. The molecular formula is C24H28N2O5. The van der Waals surface area contributed by atoms with Gasteiger partial charge in [0.25, 0.3) is 0 Å². The standard InChI is InChI=1S/C24H28N2O5/c1-5-21-11-9-18(27)26-12-6-10-22-16-8-7-15(29-3)13-17(16)25(2)19(22)23(14-21,20(28)30-4)31-24(21,22)26/h7-9,11,13,19H,5-6,10,12,14H2,1-4H3/t19-,21+,22+,23-,24+/m1/s1. The second-order valence-corrected chi connectivity index (χ2v) is 9.61. The van der Waals surface area contributed by atoms with Gasteiger partial charge in [0.2, 0.25) is 5.91 Å². The molecule has 2 bridgehead atoms. The summed E-state index contributed by atoms with van der Waals surface area (Å²) in [6, 6.07) is 5.87. The highest BCUT2D eigenvalue weighted by Crippen LogP contribution is 2.78. The number of likely N-dealkylation sites (N-methyl/N-ethyl adjacent to an activating group) is 1. The summed E-state index contributed by atoms with van der Waals surface area (Å²) < 4.78 is 17.9. The Morgan fingerprint density at radius 3 is 2.84 bits per heavy atom. The predicted molar refractivity (Wildman–Crippen MR) is 113 cm³/mol. The zero-order chi connectivity index (χ0) is 21.8. The lowest BCUT2D eigenvalue weighted by molar-refractivity contribution is -0.220. The minimum atomic E-state index is -1.15. The quantitative estimate of drug-likeness (QED) is 0.694. The van der Waals surface area contributed by atoms with Crippen LogP contribution >= 0.6 is 0 Å². The molecule has 0 saturated carbocycles. The molecule has 0 aromatic heterocycles. The lowest BCUT2D eigenvalue weighted by Gasteiger charge is -2.63. The SMILES string of the molecule is CC[C@]12C=CC(=O)N3CCC[C@]45c6ccc(OC)cc6N(C)[C@H]4[C@@](C(=O)OC)(C1)O[C@@]325. The number of methoxy groups -OCH3 is 2. The van der Waals surface area contributed by atoms with Crippen molar-refractivity contribution >= 4 is 17.6 Å². The summed E-state index contributed by atoms with van der Waals surface area (Å²) in [4.78, 5) is 30.8. The molecule has 2 spiro atoms. The Balaban J connectivity index is 1.73. The molecule has 5 atom stereocenters. The highest BCUT2D eigenvalue weighted by molar-refractivity contribution is 5.94.